The van der Waals surface area contributed by atoms with Crippen molar-refractivity contribution < 1.29 is 48.6 Å². The Morgan fingerprint density at radius 2 is 1.89 bits per heavy atom. The molecule has 0 amide bonds. The van der Waals surface area contributed by atoms with Crippen LogP contribution in [0, 0.1) is 23.7 Å². The average molecular weight is 659 g/mol. The number of allylic oxidation sites excluding steroid dienone is 4. The molecule has 1 aliphatic carbocycles. The highest BCUT2D eigenvalue weighted by atomic mass is 16.7. The van der Waals surface area contributed by atoms with Gasteiger partial charge in [-0.15, -0.1) is 0 Å². The number of carbonyl (C=O) groups excluding carboxylic acids is 2. The summed E-state index contributed by atoms with van der Waals surface area (Å²) >= 11 is 0. The molecule has 0 aromatic carbocycles. The number of aliphatic hydroxyl groups is 3. The molecular weight excluding hydrogens is 604 g/mol. The molecule has 4 aliphatic heterocycles. The molecule has 1 spiro atoms. The van der Waals surface area contributed by atoms with Gasteiger partial charge in [-0.3, -0.25) is 9.59 Å². The number of fused-ring (bicyclic) bond motifs is 2. The molecule has 2 bridgehead atoms. The van der Waals surface area contributed by atoms with Crippen LogP contribution in [-0.2, 0) is 33.3 Å². The van der Waals surface area contributed by atoms with Crippen molar-refractivity contribution in [3.8, 4) is 0 Å². The molecule has 3 fully saturated rings. The van der Waals surface area contributed by atoms with Crippen LogP contribution in [-0.4, -0.2) is 88.0 Å². The Morgan fingerprint density at radius 3 is 2.60 bits per heavy atom. The van der Waals surface area contributed by atoms with Crippen molar-refractivity contribution in [2.75, 3.05) is 6.61 Å². The second-order valence-electron chi connectivity index (χ2n) is 14.6. The van der Waals surface area contributed by atoms with E-state index >= 15 is 0 Å². The number of aliphatic hydroxyl groups excluding tert-OH is 2. The highest BCUT2D eigenvalue weighted by Gasteiger charge is 2.61. The van der Waals surface area contributed by atoms with Gasteiger partial charge in [0, 0.05) is 18.8 Å². The Labute approximate surface area is 278 Å². The van der Waals surface area contributed by atoms with E-state index in [2.05, 4.69) is 19.9 Å². The van der Waals surface area contributed by atoms with Crippen LogP contribution < -0.4 is 0 Å². The zero-order chi connectivity index (χ0) is 34.3. The van der Waals surface area contributed by atoms with Crippen molar-refractivity contribution in [2.24, 2.45) is 23.7 Å². The molecule has 3 saturated heterocycles. The first kappa shape index (κ1) is 36.0. The third-order valence-corrected chi connectivity index (χ3v) is 11.0. The van der Waals surface area contributed by atoms with Gasteiger partial charge >= 0.3 is 11.9 Å². The monoisotopic (exact) mass is 658 g/mol. The van der Waals surface area contributed by atoms with E-state index in [0.717, 1.165) is 12.0 Å². The molecule has 47 heavy (non-hydrogen) atoms. The predicted octanol–water partition coefficient (Wildman–Crippen LogP) is 4.46. The smallest absolute Gasteiger partial charge is 0.316 e. The summed E-state index contributed by atoms with van der Waals surface area (Å²) in [6.07, 6.45) is 6.29. The van der Waals surface area contributed by atoms with E-state index in [1.165, 1.54) is 0 Å². The summed E-state index contributed by atoms with van der Waals surface area (Å²) in [5.41, 5.74) is 0.355. The lowest BCUT2D eigenvalue weighted by Crippen LogP contribution is -2.67. The lowest BCUT2D eigenvalue weighted by atomic mass is 9.71. The summed E-state index contributed by atoms with van der Waals surface area (Å²) in [5, 5.41) is 35.1. The molecule has 5 aliphatic rings. The fourth-order valence-corrected chi connectivity index (χ4v) is 7.86. The number of hydrogen-bond acceptors (Lipinski definition) is 10. The molecule has 0 saturated carbocycles. The van der Waals surface area contributed by atoms with Crippen LogP contribution in [0.2, 0.25) is 0 Å². The van der Waals surface area contributed by atoms with Crippen molar-refractivity contribution in [2.45, 2.75) is 141 Å². The Bertz CT molecular complexity index is 1300. The highest BCUT2D eigenvalue weighted by molar-refractivity contribution is 5.78. The Kier molecular flexibility index (Phi) is 10.9. The number of carbonyl (C=O) groups is 2. The fraction of sp³-hybridized carbons (Fsp3) is 0.730. The van der Waals surface area contributed by atoms with Gasteiger partial charge in [0.1, 0.15) is 42.0 Å². The lowest BCUT2D eigenvalue weighted by molar-refractivity contribution is -0.385. The summed E-state index contributed by atoms with van der Waals surface area (Å²) < 4.78 is 31.4. The maximum Gasteiger partial charge on any atom is 0.316 e. The van der Waals surface area contributed by atoms with Crippen LogP contribution in [0.5, 0.6) is 0 Å². The molecular formula is C37H54O10. The van der Waals surface area contributed by atoms with Crippen molar-refractivity contribution in [1.29, 1.82) is 0 Å². The molecule has 13 atom stereocenters. The van der Waals surface area contributed by atoms with Gasteiger partial charge in [-0.2, -0.15) is 0 Å². The van der Waals surface area contributed by atoms with Crippen LogP contribution in [0.3, 0.4) is 0 Å². The van der Waals surface area contributed by atoms with Gasteiger partial charge in [0.15, 0.2) is 0 Å². The first-order valence-corrected chi connectivity index (χ1v) is 17.4. The summed E-state index contributed by atoms with van der Waals surface area (Å²) in [5.74, 6) is -4.23. The van der Waals surface area contributed by atoms with Gasteiger partial charge in [-0.05, 0) is 56.6 Å². The maximum absolute atomic E-state index is 14.1. The molecule has 262 valence electrons. The normalized spacial score (nSPS) is 43.3. The first-order chi connectivity index (χ1) is 22.2. The molecule has 3 N–H and O–H groups in total. The zero-order valence-corrected chi connectivity index (χ0v) is 28.9. The molecule has 0 aromatic rings. The van der Waals surface area contributed by atoms with Crippen molar-refractivity contribution in [3.63, 3.8) is 0 Å². The summed E-state index contributed by atoms with van der Waals surface area (Å²) in [6.45, 7) is 13.5. The van der Waals surface area contributed by atoms with Crippen molar-refractivity contribution in [3.05, 3.63) is 47.1 Å². The van der Waals surface area contributed by atoms with Gasteiger partial charge in [0.25, 0.3) is 0 Å². The minimum Gasteiger partial charge on any atom is -0.462 e. The van der Waals surface area contributed by atoms with Crippen LogP contribution in [0.15, 0.2) is 47.1 Å². The van der Waals surface area contributed by atoms with E-state index in [4.69, 9.17) is 23.7 Å². The molecule has 4 heterocycles. The average Bonchev–Trinajstić information content (AvgIpc) is 3.37. The summed E-state index contributed by atoms with van der Waals surface area (Å²) in [6, 6.07) is 0. The Balaban J connectivity index is 1.54. The number of esters is 2. The lowest BCUT2D eigenvalue weighted by Gasteiger charge is -2.54. The third kappa shape index (κ3) is 6.92. The third-order valence-electron chi connectivity index (χ3n) is 11.0. The molecule has 10 heteroatoms. The van der Waals surface area contributed by atoms with Crippen LogP contribution in [0.25, 0.3) is 0 Å². The van der Waals surface area contributed by atoms with Gasteiger partial charge < -0.3 is 39.0 Å². The van der Waals surface area contributed by atoms with Crippen molar-refractivity contribution >= 4 is 11.9 Å². The molecule has 10 nitrogen and oxygen atoms in total. The van der Waals surface area contributed by atoms with E-state index in [9.17, 15) is 24.9 Å². The summed E-state index contributed by atoms with van der Waals surface area (Å²) in [4.78, 5) is 27.1. The molecule has 0 aromatic heterocycles. The van der Waals surface area contributed by atoms with Crippen LogP contribution in [0.1, 0.15) is 87.0 Å². The van der Waals surface area contributed by atoms with Crippen LogP contribution in [0.4, 0.5) is 0 Å². The van der Waals surface area contributed by atoms with Gasteiger partial charge in [0.2, 0.25) is 5.79 Å². The minimum atomic E-state index is -1.81. The molecule has 5 rings (SSSR count). The van der Waals surface area contributed by atoms with E-state index < -0.39 is 59.9 Å². The highest BCUT2D eigenvalue weighted by Crippen LogP contribution is 2.48. The van der Waals surface area contributed by atoms with Crippen molar-refractivity contribution in [1.82, 2.24) is 0 Å². The zero-order valence-electron chi connectivity index (χ0n) is 28.9. The maximum atomic E-state index is 14.1. The second kappa shape index (κ2) is 14.3. The summed E-state index contributed by atoms with van der Waals surface area (Å²) in [7, 11) is 0. The molecule has 0 radical (unpaired) electrons. The standard InChI is InChI=1S/C37H54O10/c1-8-22(5)34(40)45-31-24(7)29(9-2)47-36(32(31)39)18-27-17-26(46-36)14-13-21(4)15-20(3)11-10-12-25-19-43-33-30(38)23(6)16-28(35(41)44-27)37(25,33)42/h10-13,16,20,22,24,26-33,38-39,42H,8-9,14-15,17-19H2,1-7H3. The Morgan fingerprint density at radius 1 is 1.15 bits per heavy atom. The van der Waals surface area contributed by atoms with Crippen LogP contribution >= 0.6 is 0 Å². The quantitative estimate of drug-likeness (QED) is 0.293. The molecule has 13 unspecified atom stereocenters. The van der Waals surface area contributed by atoms with E-state index in [0.29, 0.717) is 36.8 Å². The number of ether oxygens (including phenoxy) is 5. The first-order valence-electron chi connectivity index (χ1n) is 17.4. The predicted molar refractivity (Wildman–Crippen MR) is 174 cm³/mol. The Hall–Kier alpha value is -2.34. The fourth-order valence-electron chi connectivity index (χ4n) is 7.86. The largest absolute Gasteiger partial charge is 0.462 e. The van der Waals surface area contributed by atoms with E-state index in [-0.39, 0.29) is 42.9 Å². The van der Waals surface area contributed by atoms with E-state index in [1.807, 2.05) is 32.9 Å². The van der Waals surface area contributed by atoms with Gasteiger partial charge in [0.05, 0.1) is 24.7 Å². The van der Waals surface area contributed by atoms with E-state index in [1.54, 1.807) is 26.0 Å². The second-order valence-corrected chi connectivity index (χ2v) is 14.6. The number of rotatable bonds is 4. The topological polar surface area (TPSA) is 141 Å². The van der Waals surface area contributed by atoms with Gasteiger partial charge in [-0.25, -0.2) is 0 Å². The number of hydrogen-bond donors (Lipinski definition) is 3. The SMILES string of the molecule is CCC(C)C(=O)OC1C(C)C(CC)OC2(CC3CC(CC=C(C)CC(C)C=CC=C4COC5C(O)C(C)=CC(C(=O)O3)C45O)O2)C1O. The minimum absolute atomic E-state index is 0.0125. The van der Waals surface area contributed by atoms with Gasteiger partial charge in [-0.1, -0.05) is 70.6 Å².